The van der Waals surface area contributed by atoms with E-state index in [4.69, 9.17) is 0 Å². The van der Waals surface area contributed by atoms with E-state index in [9.17, 15) is 75.7 Å². The molecular weight excluding hydrogens is 1250 g/mol. The standard InChI is InChI=1S/C28H40O6.C28H42O5.C28H44O4/c1-27(2,25(31)32)17-7-5-9-19-11-13-21(23(19)29)15-16-22-14-12-20(24(22)30)10-6-8-18-28(3,4)26(33)34;1-27(2,19-29)17-7-5-9-20-11-13-22(24(20)30)15-16-23-14-12-21(25(23)31)10-6-8-18-28(3,4)26(32)33;1-27(2,19-29)17-7-5-9-21-11-13-23(25(21)31)15-16-24-14-12-22(26(24)32)10-6-8-18-28(3,4)20-30/h11-16,23-24,29-30H,5-10,17-18H2,1-4H3,(H,31,32)(H,33,34);11-16,24-25,29-31H,5-10,17-19H2,1-4H3,(H,32,33);11-16,25-26,29-32H,5-10,17-20H2,1-4H3/b3*16-15-. The fourth-order valence-corrected chi connectivity index (χ4v) is 12.4. The van der Waals surface area contributed by atoms with Crippen molar-refractivity contribution in [3.63, 3.8) is 0 Å². The quantitative estimate of drug-likeness (QED) is 0.0253. The first kappa shape index (κ1) is 85.6. The van der Waals surface area contributed by atoms with Gasteiger partial charge in [0.05, 0.1) is 16.2 Å². The van der Waals surface area contributed by atoms with Gasteiger partial charge in [0, 0.05) is 19.8 Å². The molecule has 6 rings (SSSR count). The number of carbonyl (C=O) groups is 3. The summed E-state index contributed by atoms with van der Waals surface area (Å²) in [7, 11) is 0. The number of rotatable bonds is 42. The minimum atomic E-state index is -0.787. The first-order valence-corrected chi connectivity index (χ1v) is 36.5. The first-order valence-electron chi connectivity index (χ1n) is 36.5. The van der Waals surface area contributed by atoms with Crippen molar-refractivity contribution in [3.8, 4) is 0 Å². The molecule has 0 spiro atoms. The van der Waals surface area contributed by atoms with Gasteiger partial charge in [-0.05, 0) is 240 Å². The Bertz CT molecular complexity index is 3040. The normalized spacial score (nSPS) is 21.3. The third-order valence-electron chi connectivity index (χ3n) is 20.6. The van der Waals surface area contributed by atoms with Crippen LogP contribution in [0.4, 0.5) is 0 Å². The molecule has 6 aliphatic rings. The fourth-order valence-electron chi connectivity index (χ4n) is 12.4. The molecule has 0 fully saturated rings. The summed E-state index contributed by atoms with van der Waals surface area (Å²) in [5.41, 5.74) is 8.53. The van der Waals surface area contributed by atoms with Gasteiger partial charge in [-0.3, -0.25) is 14.4 Å². The van der Waals surface area contributed by atoms with Crippen molar-refractivity contribution in [2.45, 2.75) is 274 Å². The molecule has 0 aromatic heterocycles. The van der Waals surface area contributed by atoms with E-state index in [1.165, 1.54) is 0 Å². The molecule has 12 N–H and O–H groups in total. The highest BCUT2D eigenvalue weighted by Gasteiger charge is 2.31. The number of carboxylic acid groups (broad SMARTS) is 3. The summed E-state index contributed by atoms with van der Waals surface area (Å²) in [6, 6.07) is 0. The molecule has 0 aromatic rings. The molecule has 0 saturated heterocycles. The molecule has 0 aromatic carbocycles. The molecule has 0 radical (unpaired) electrons. The fraction of sp³-hybridized carbons (Fsp3) is 0.607. The number of allylic oxidation sites excluding steroid dienone is 12. The lowest BCUT2D eigenvalue weighted by atomic mass is 9.86. The topological polar surface area (TPSA) is 294 Å². The molecule has 0 heterocycles. The highest BCUT2D eigenvalue weighted by atomic mass is 16.4. The number of hydrogen-bond donors (Lipinski definition) is 12. The zero-order valence-corrected chi connectivity index (χ0v) is 62.0. The van der Waals surface area contributed by atoms with Gasteiger partial charge < -0.3 is 61.3 Å². The van der Waals surface area contributed by atoms with Gasteiger partial charge in [-0.1, -0.05) is 189 Å². The number of aliphatic hydroxyl groups excluding tert-OH is 9. The predicted octanol–water partition coefficient (Wildman–Crippen LogP) is 15.7. The lowest BCUT2D eigenvalue weighted by Crippen LogP contribution is -2.23. The van der Waals surface area contributed by atoms with E-state index in [1.807, 2.05) is 109 Å². The monoisotopic (exact) mass is 1370 g/mol. The predicted molar refractivity (Wildman–Crippen MR) is 398 cm³/mol. The Kier molecular flexibility index (Phi) is 34.7. The summed E-state index contributed by atoms with van der Waals surface area (Å²) in [4.78, 5) is 33.6. The zero-order chi connectivity index (χ0) is 73.9. The van der Waals surface area contributed by atoms with E-state index in [0.717, 1.165) is 202 Å². The molecule has 6 unspecified atom stereocenters. The SMILES string of the molecule is CC(C)(CCCCC1=CC=C(/C=C\C2=CC=C(CCCCC(C)(C)C(=O)O)C2O)C1O)C(=O)O.CC(C)(CO)CCCCC1=CC=C(/C=C\C2=CC=C(CCCCC(C)(C)C(=O)O)C2O)C1O.CC(C)(CO)CCCCC1=CC=C(/C=C\C2=CC=C(CCCCC(C)(C)CO)C2O)C1O. The van der Waals surface area contributed by atoms with Crippen LogP contribution in [0.3, 0.4) is 0 Å². The number of carboxylic acids is 3. The van der Waals surface area contributed by atoms with Crippen molar-refractivity contribution in [1.82, 2.24) is 0 Å². The first-order chi connectivity index (χ1) is 46.4. The number of unbranched alkanes of at least 4 members (excludes halogenated alkanes) is 6. The highest BCUT2D eigenvalue weighted by molar-refractivity contribution is 5.74. The second-order valence-corrected chi connectivity index (χ2v) is 32.6. The molecule has 99 heavy (non-hydrogen) atoms. The van der Waals surface area contributed by atoms with Crippen LogP contribution in [0.2, 0.25) is 0 Å². The summed E-state index contributed by atoms with van der Waals surface area (Å²) < 4.78 is 0. The van der Waals surface area contributed by atoms with E-state index in [1.54, 1.807) is 41.5 Å². The lowest BCUT2D eigenvalue weighted by molar-refractivity contribution is -0.148. The van der Waals surface area contributed by atoms with Crippen LogP contribution < -0.4 is 0 Å². The van der Waals surface area contributed by atoms with Gasteiger partial charge in [0.2, 0.25) is 0 Å². The Morgan fingerprint density at radius 1 is 0.273 bits per heavy atom. The van der Waals surface area contributed by atoms with Crippen LogP contribution in [-0.4, -0.2) is 136 Å². The van der Waals surface area contributed by atoms with Crippen molar-refractivity contribution < 1.29 is 75.7 Å². The second kappa shape index (κ2) is 40.1. The van der Waals surface area contributed by atoms with E-state index in [0.29, 0.717) is 19.3 Å². The van der Waals surface area contributed by atoms with Crippen LogP contribution in [0.25, 0.3) is 0 Å². The molecule has 552 valence electrons. The van der Waals surface area contributed by atoms with Crippen molar-refractivity contribution in [2.24, 2.45) is 32.5 Å². The van der Waals surface area contributed by atoms with Gasteiger partial charge in [0.25, 0.3) is 0 Å². The molecule has 0 saturated carbocycles. The van der Waals surface area contributed by atoms with Crippen LogP contribution in [0.15, 0.2) is 176 Å². The van der Waals surface area contributed by atoms with Gasteiger partial charge in [0.1, 0.15) is 36.6 Å². The number of hydrogen-bond acceptors (Lipinski definition) is 12. The lowest BCUT2D eigenvalue weighted by Gasteiger charge is -2.21. The van der Waals surface area contributed by atoms with Gasteiger partial charge in [-0.25, -0.2) is 0 Å². The van der Waals surface area contributed by atoms with Crippen molar-refractivity contribution in [3.05, 3.63) is 176 Å². The average molecular weight is 1380 g/mol. The largest absolute Gasteiger partial charge is 0.481 e. The number of aliphatic carboxylic acids is 3. The maximum Gasteiger partial charge on any atom is 0.309 e. The van der Waals surface area contributed by atoms with Crippen LogP contribution in [-0.2, 0) is 14.4 Å². The number of aliphatic hydroxyl groups is 9. The Labute approximate surface area is 593 Å². The van der Waals surface area contributed by atoms with Crippen LogP contribution in [0.5, 0.6) is 0 Å². The molecule has 6 aliphatic carbocycles. The van der Waals surface area contributed by atoms with Crippen molar-refractivity contribution in [1.29, 1.82) is 0 Å². The summed E-state index contributed by atoms with van der Waals surface area (Å²) in [5, 5.41) is 119. The van der Waals surface area contributed by atoms with Crippen LogP contribution in [0.1, 0.15) is 237 Å². The summed E-state index contributed by atoms with van der Waals surface area (Å²) in [6.45, 7) is 23.4. The van der Waals surface area contributed by atoms with E-state index < -0.39 is 70.8 Å². The molecule has 0 bridgehead atoms. The zero-order valence-electron chi connectivity index (χ0n) is 62.0. The van der Waals surface area contributed by atoms with E-state index in [2.05, 4.69) is 41.5 Å². The average Bonchev–Trinajstić information content (AvgIpc) is 1.73. The molecule has 15 nitrogen and oxygen atoms in total. The third-order valence-corrected chi connectivity index (χ3v) is 20.6. The Morgan fingerprint density at radius 3 is 0.566 bits per heavy atom. The van der Waals surface area contributed by atoms with Gasteiger partial charge >= 0.3 is 17.9 Å². The van der Waals surface area contributed by atoms with Crippen LogP contribution >= 0.6 is 0 Å². The third kappa shape index (κ3) is 28.5. The molecule has 6 atom stereocenters. The van der Waals surface area contributed by atoms with Gasteiger partial charge in [0.15, 0.2) is 0 Å². The Balaban J connectivity index is 0.000000315. The van der Waals surface area contributed by atoms with Gasteiger partial charge in [-0.15, -0.1) is 0 Å². The van der Waals surface area contributed by atoms with E-state index >= 15 is 0 Å². The molecule has 15 heteroatoms. The molecule has 0 aliphatic heterocycles. The minimum Gasteiger partial charge on any atom is -0.481 e. The van der Waals surface area contributed by atoms with E-state index in [-0.39, 0.29) is 36.1 Å². The Hall–Kier alpha value is -5.85. The molecule has 0 amide bonds. The highest BCUT2D eigenvalue weighted by Crippen LogP contribution is 2.36. The smallest absolute Gasteiger partial charge is 0.309 e. The minimum absolute atomic E-state index is 0.0342. The summed E-state index contributed by atoms with van der Waals surface area (Å²) >= 11 is 0. The van der Waals surface area contributed by atoms with Crippen LogP contribution in [0, 0.1) is 32.5 Å². The molecular formula is C84H126O15. The van der Waals surface area contributed by atoms with Crippen molar-refractivity contribution in [2.75, 3.05) is 19.8 Å². The summed E-state index contributed by atoms with van der Waals surface area (Å²) in [6.07, 6.45) is 51.3. The Morgan fingerprint density at radius 2 is 0.424 bits per heavy atom. The second-order valence-electron chi connectivity index (χ2n) is 32.6. The summed E-state index contributed by atoms with van der Waals surface area (Å²) in [5.74, 6) is -2.35. The van der Waals surface area contributed by atoms with Crippen molar-refractivity contribution >= 4 is 17.9 Å². The maximum absolute atomic E-state index is 11.2. The maximum atomic E-state index is 11.2. The van der Waals surface area contributed by atoms with Gasteiger partial charge in [-0.2, -0.15) is 0 Å².